The van der Waals surface area contributed by atoms with Crippen molar-refractivity contribution < 1.29 is 31.1 Å². The monoisotopic (exact) mass is 427 g/mol. The maximum absolute atomic E-state index is 13.6. The lowest BCUT2D eigenvalue weighted by Gasteiger charge is -2.13. The Bertz CT molecular complexity index is 1030. The molecule has 0 unspecified atom stereocenters. The highest BCUT2D eigenvalue weighted by Gasteiger charge is 2.40. The second-order valence-electron chi connectivity index (χ2n) is 6.36. The van der Waals surface area contributed by atoms with Crippen molar-refractivity contribution in [1.82, 2.24) is 15.1 Å². The molecule has 158 valence electrons. The Morgan fingerprint density at radius 2 is 1.63 bits per heavy atom. The van der Waals surface area contributed by atoms with Crippen molar-refractivity contribution in [2.45, 2.75) is 18.8 Å². The number of nitrogens with one attached hydrogen (secondary N) is 1. The number of carbonyl (C=O) groups is 1. The van der Waals surface area contributed by atoms with Crippen LogP contribution in [0.5, 0.6) is 0 Å². The van der Waals surface area contributed by atoms with Gasteiger partial charge in [-0.2, -0.15) is 31.4 Å². The van der Waals surface area contributed by atoms with Crippen LogP contribution in [0.15, 0.2) is 60.8 Å². The van der Waals surface area contributed by atoms with Crippen LogP contribution in [-0.4, -0.2) is 22.2 Å². The van der Waals surface area contributed by atoms with Gasteiger partial charge in [0.2, 0.25) is 0 Å². The molecule has 0 bridgehead atoms. The summed E-state index contributed by atoms with van der Waals surface area (Å²) in [5.74, 6) is -1.02. The van der Waals surface area contributed by atoms with Gasteiger partial charge >= 0.3 is 12.4 Å². The molecule has 0 atom stereocenters. The highest BCUT2D eigenvalue weighted by Crippen LogP contribution is 2.33. The van der Waals surface area contributed by atoms with Crippen LogP contribution in [0.25, 0.3) is 5.69 Å². The summed E-state index contributed by atoms with van der Waals surface area (Å²) < 4.78 is 79.6. The number of halogens is 6. The lowest BCUT2D eigenvalue weighted by atomic mass is 10.1. The van der Waals surface area contributed by atoms with Crippen LogP contribution in [-0.2, 0) is 18.8 Å². The van der Waals surface area contributed by atoms with Gasteiger partial charge in [-0.3, -0.25) is 4.79 Å². The number of aromatic nitrogens is 2. The Labute approximate surface area is 167 Å². The number of nitrogens with zero attached hydrogens (tertiary/aromatic N) is 2. The number of hydrogen-bond donors (Lipinski definition) is 1. The van der Waals surface area contributed by atoms with Crippen molar-refractivity contribution in [3.63, 3.8) is 0 Å². The molecule has 30 heavy (non-hydrogen) atoms. The molecule has 0 aliphatic heterocycles. The molecule has 0 aliphatic rings. The molecule has 0 radical (unpaired) electrons. The summed E-state index contributed by atoms with van der Waals surface area (Å²) in [7, 11) is 0. The lowest BCUT2D eigenvalue weighted by molar-refractivity contribution is -0.143. The fourth-order valence-corrected chi connectivity index (χ4v) is 2.87. The summed E-state index contributed by atoms with van der Waals surface area (Å²) >= 11 is 0. The van der Waals surface area contributed by atoms with E-state index in [0.29, 0.717) is 10.2 Å². The van der Waals surface area contributed by atoms with Crippen LogP contribution in [0, 0.1) is 0 Å². The average Bonchev–Trinajstić information content (AvgIpc) is 3.14. The first-order valence-electron chi connectivity index (χ1n) is 8.72. The summed E-state index contributed by atoms with van der Waals surface area (Å²) in [6, 6.07) is 12.0. The van der Waals surface area contributed by atoms with Gasteiger partial charge in [0.05, 0.1) is 23.0 Å². The van der Waals surface area contributed by atoms with Crippen LogP contribution in [0.2, 0.25) is 0 Å². The third-order valence-corrected chi connectivity index (χ3v) is 4.24. The Kier molecular flexibility index (Phi) is 5.86. The standard InChI is InChI=1S/C20H15F6N3O/c21-19(22,23)14-6-4-5-13(11-14)9-10-27-18(30)16-12-28-29(17(16)20(24,25)26)15-7-2-1-3-8-15/h1-8,11-12H,9-10H2,(H,27,30). The van der Waals surface area contributed by atoms with E-state index in [1.165, 1.54) is 36.4 Å². The minimum absolute atomic E-state index is 0.0177. The van der Waals surface area contributed by atoms with Gasteiger partial charge in [-0.25, -0.2) is 4.68 Å². The third-order valence-electron chi connectivity index (χ3n) is 4.24. The van der Waals surface area contributed by atoms with Gasteiger partial charge in [-0.05, 0) is 30.2 Å². The van der Waals surface area contributed by atoms with Crippen molar-refractivity contribution >= 4 is 5.91 Å². The number of alkyl halides is 6. The molecule has 1 aromatic heterocycles. The van der Waals surface area contributed by atoms with E-state index in [0.717, 1.165) is 18.3 Å². The minimum atomic E-state index is -4.85. The molecule has 10 heteroatoms. The van der Waals surface area contributed by atoms with Gasteiger partial charge in [0, 0.05) is 6.54 Å². The van der Waals surface area contributed by atoms with Gasteiger partial charge in [0.1, 0.15) is 0 Å². The largest absolute Gasteiger partial charge is 0.434 e. The van der Waals surface area contributed by atoms with E-state index in [4.69, 9.17) is 0 Å². The van der Waals surface area contributed by atoms with Gasteiger partial charge in [-0.15, -0.1) is 0 Å². The predicted molar refractivity (Wildman–Crippen MR) is 96.0 cm³/mol. The molecule has 3 rings (SSSR count). The molecule has 0 fully saturated rings. The van der Waals surface area contributed by atoms with Crippen molar-refractivity contribution in [2.75, 3.05) is 6.54 Å². The number of hydrogen-bond acceptors (Lipinski definition) is 2. The maximum Gasteiger partial charge on any atom is 0.434 e. The Morgan fingerprint density at radius 3 is 2.27 bits per heavy atom. The lowest BCUT2D eigenvalue weighted by Crippen LogP contribution is -2.28. The summed E-state index contributed by atoms with van der Waals surface area (Å²) in [6.07, 6.45) is -8.52. The molecule has 0 saturated heterocycles. The number of rotatable bonds is 5. The second-order valence-corrected chi connectivity index (χ2v) is 6.36. The molecule has 1 heterocycles. The molecule has 1 N–H and O–H groups in total. The first-order chi connectivity index (χ1) is 14.1. The van der Waals surface area contributed by atoms with Crippen molar-refractivity contribution in [1.29, 1.82) is 0 Å². The van der Waals surface area contributed by atoms with Crippen LogP contribution >= 0.6 is 0 Å². The Hall–Kier alpha value is -3.30. The molecule has 0 aliphatic carbocycles. The Morgan fingerprint density at radius 1 is 0.933 bits per heavy atom. The second kappa shape index (κ2) is 8.21. The quantitative estimate of drug-likeness (QED) is 0.590. The van der Waals surface area contributed by atoms with E-state index in [1.54, 1.807) is 6.07 Å². The van der Waals surface area contributed by atoms with E-state index >= 15 is 0 Å². The van der Waals surface area contributed by atoms with E-state index in [2.05, 4.69) is 10.4 Å². The van der Waals surface area contributed by atoms with Crippen molar-refractivity contribution in [3.8, 4) is 5.69 Å². The van der Waals surface area contributed by atoms with Crippen LogP contribution < -0.4 is 5.32 Å². The zero-order valence-corrected chi connectivity index (χ0v) is 15.3. The number of para-hydroxylation sites is 1. The fourth-order valence-electron chi connectivity index (χ4n) is 2.87. The number of carbonyl (C=O) groups excluding carboxylic acids is 1. The molecular weight excluding hydrogens is 412 g/mol. The van der Waals surface area contributed by atoms with Crippen molar-refractivity contribution in [2.24, 2.45) is 0 Å². The molecule has 3 aromatic rings. The van der Waals surface area contributed by atoms with Gasteiger partial charge in [0.15, 0.2) is 5.69 Å². The molecule has 0 saturated carbocycles. The SMILES string of the molecule is O=C(NCCc1cccc(C(F)(F)F)c1)c1cnn(-c2ccccc2)c1C(F)(F)F. The molecule has 0 spiro atoms. The van der Waals surface area contributed by atoms with E-state index in [9.17, 15) is 31.1 Å². The van der Waals surface area contributed by atoms with Crippen molar-refractivity contribution in [3.05, 3.63) is 83.2 Å². The Balaban J connectivity index is 1.76. The van der Waals surface area contributed by atoms with Gasteiger partial charge in [0.25, 0.3) is 5.91 Å². The first-order valence-corrected chi connectivity index (χ1v) is 8.72. The van der Waals surface area contributed by atoms with E-state index in [1.807, 2.05) is 0 Å². The van der Waals surface area contributed by atoms with E-state index in [-0.39, 0.29) is 18.7 Å². The molecule has 1 amide bonds. The van der Waals surface area contributed by atoms with Crippen LogP contribution in [0.4, 0.5) is 26.3 Å². The summed E-state index contributed by atoms with van der Waals surface area (Å²) in [5.41, 5.74) is -2.32. The fraction of sp³-hybridized carbons (Fsp3) is 0.200. The molecule has 2 aromatic carbocycles. The average molecular weight is 427 g/mol. The highest BCUT2D eigenvalue weighted by molar-refractivity contribution is 5.95. The van der Waals surface area contributed by atoms with Crippen LogP contribution in [0.3, 0.4) is 0 Å². The van der Waals surface area contributed by atoms with Crippen LogP contribution in [0.1, 0.15) is 27.2 Å². The zero-order chi connectivity index (χ0) is 21.9. The number of amides is 1. The normalized spacial score (nSPS) is 12.1. The zero-order valence-electron chi connectivity index (χ0n) is 15.3. The third kappa shape index (κ3) is 4.81. The topological polar surface area (TPSA) is 46.9 Å². The highest BCUT2D eigenvalue weighted by atomic mass is 19.4. The van der Waals surface area contributed by atoms with Gasteiger partial charge < -0.3 is 5.32 Å². The number of benzene rings is 2. The van der Waals surface area contributed by atoms with Gasteiger partial charge in [-0.1, -0.05) is 36.4 Å². The molecule has 4 nitrogen and oxygen atoms in total. The summed E-state index contributed by atoms with van der Waals surface area (Å²) in [4.78, 5) is 12.3. The first kappa shape index (κ1) is 21.4. The summed E-state index contributed by atoms with van der Waals surface area (Å²) in [6.45, 7) is -0.145. The minimum Gasteiger partial charge on any atom is -0.352 e. The maximum atomic E-state index is 13.6. The molecular formula is C20H15F6N3O. The predicted octanol–water partition coefficient (Wildman–Crippen LogP) is 4.88. The summed E-state index contributed by atoms with van der Waals surface area (Å²) in [5, 5.41) is 6.00. The van der Waals surface area contributed by atoms with E-state index < -0.39 is 35.1 Å². The smallest absolute Gasteiger partial charge is 0.352 e.